The fourth-order valence-electron chi connectivity index (χ4n) is 1.12. The summed E-state index contributed by atoms with van der Waals surface area (Å²) in [5, 5.41) is 3.30. The lowest BCUT2D eigenvalue weighted by Crippen LogP contribution is -2.22. The maximum Gasteiger partial charge on any atom is 0.0526 e. The second-order valence-electron chi connectivity index (χ2n) is 3.13. The average molecular weight is 179 g/mol. The van der Waals surface area contributed by atoms with Crippen LogP contribution < -0.4 is 11.1 Å². The molecule has 1 aromatic heterocycles. The van der Waals surface area contributed by atoms with Gasteiger partial charge in [0.15, 0.2) is 0 Å². The van der Waals surface area contributed by atoms with Crippen molar-refractivity contribution in [2.45, 2.75) is 13.3 Å². The Bertz CT molecular complexity index is 219. The number of rotatable bonds is 5. The number of hydrogen-bond acceptors (Lipinski definition) is 3. The molecule has 1 rings (SSSR count). The molecule has 0 spiro atoms. The summed E-state index contributed by atoms with van der Waals surface area (Å²) in [5.74, 6) is 0.556. The first-order valence-corrected chi connectivity index (χ1v) is 4.70. The summed E-state index contributed by atoms with van der Waals surface area (Å²) in [4.78, 5) is 4.02. The number of anilines is 1. The van der Waals surface area contributed by atoms with Gasteiger partial charge in [-0.25, -0.2) is 0 Å². The van der Waals surface area contributed by atoms with Crippen LogP contribution in [0.3, 0.4) is 0 Å². The normalized spacial score (nSPS) is 12.5. The van der Waals surface area contributed by atoms with Gasteiger partial charge in [-0.2, -0.15) is 0 Å². The van der Waals surface area contributed by atoms with Crippen molar-refractivity contribution in [1.29, 1.82) is 0 Å². The highest BCUT2D eigenvalue weighted by Crippen LogP contribution is 2.05. The SMILES string of the molecule is CCC(CN)CNc1cccnc1. The van der Waals surface area contributed by atoms with Gasteiger partial charge in [0, 0.05) is 18.9 Å². The van der Waals surface area contributed by atoms with Crippen LogP contribution in [-0.2, 0) is 0 Å². The zero-order valence-corrected chi connectivity index (χ0v) is 8.03. The van der Waals surface area contributed by atoms with Crippen molar-refractivity contribution in [1.82, 2.24) is 4.98 Å². The lowest BCUT2D eigenvalue weighted by atomic mass is 10.1. The van der Waals surface area contributed by atoms with Crippen molar-refractivity contribution in [2.75, 3.05) is 18.4 Å². The zero-order chi connectivity index (χ0) is 9.52. The minimum atomic E-state index is 0.556. The van der Waals surface area contributed by atoms with Gasteiger partial charge in [0.25, 0.3) is 0 Å². The molecular weight excluding hydrogens is 162 g/mol. The first kappa shape index (κ1) is 9.99. The molecule has 0 amide bonds. The standard InChI is InChI=1S/C10H17N3/c1-2-9(6-11)7-13-10-4-3-5-12-8-10/h3-5,8-9,13H,2,6-7,11H2,1H3. The second-order valence-corrected chi connectivity index (χ2v) is 3.13. The van der Waals surface area contributed by atoms with Crippen molar-refractivity contribution < 1.29 is 0 Å². The maximum atomic E-state index is 5.59. The molecule has 0 aliphatic heterocycles. The van der Waals surface area contributed by atoms with E-state index in [4.69, 9.17) is 5.73 Å². The third kappa shape index (κ3) is 3.42. The van der Waals surface area contributed by atoms with Gasteiger partial charge in [0.05, 0.1) is 5.69 Å². The molecule has 0 saturated heterocycles. The Labute approximate surface area is 79.4 Å². The molecule has 1 heterocycles. The Kier molecular flexibility index (Phi) is 4.26. The van der Waals surface area contributed by atoms with E-state index in [2.05, 4.69) is 17.2 Å². The molecule has 0 fully saturated rings. The summed E-state index contributed by atoms with van der Waals surface area (Å²) in [6, 6.07) is 3.93. The highest BCUT2D eigenvalue weighted by Gasteiger charge is 2.02. The van der Waals surface area contributed by atoms with Gasteiger partial charge in [-0.3, -0.25) is 4.98 Å². The van der Waals surface area contributed by atoms with Crippen LogP contribution in [0.4, 0.5) is 5.69 Å². The van der Waals surface area contributed by atoms with Crippen LogP contribution in [0.5, 0.6) is 0 Å². The van der Waals surface area contributed by atoms with Crippen LogP contribution in [-0.4, -0.2) is 18.1 Å². The van der Waals surface area contributed by atoms with E-state index >= 15 is 0 Å². The van der Waals surface area contributed by atoms with Crippen LogP contribution in [0.2, 0.25) is 0 Å². The zero-order valence-electron chi connectivity index (χ0n) is 8.03. The van der Waals surface area contributed by atoms with E-state index in [1.54, 1.807) is 6.20 Å². The third-order valence-corrected chi connectivity index (χ3v) is 2.17. The molecule has 1 atom stereocenters. The molecule has 3 nitrogen and oxygen atoms in total. The van der Waals surface area contributed by atoms with Crippen LogP contribution in [0.25, 0.3) is 0 Å². The summed E-state index contributed by atoms with van der Waals surface area (Å²) >= 11 is 0. The second kappa shape index (κ2) is 5.54. The maximum absolute atomic E-state index is 5.59. The predicted molar refractivity (Wildman–Crippen MR) is 55.6 cm³/mol. The summed E-state index contributed by atoms with van der Waals surface area (Å²) < 4.78 is 0. The molecule has 13 heavy (non-hydrogen) atoms. The van der Waals surface area contributed by atoms with E-state index in [0.29, 0.717) is 5.92 Å². The Balaban J connectivity index is 2.34. The lowest BCUT2D eigenvalue weighted by molar-refractivity contribution is 0.548. The Morgan fingerprint density at radius 1 is 1.62 bits per heavy atom. The summed E-state index contributed by atoms with van der Waals surface area (Å²) in [5.41, 5.74) is 6.66. The van der Waals surface area contributed by atoms with E-state index in [1.807, 2.05) is 18.3 Å². The molecule has 1 unspecified atom stereocenters. The van der Waals surface area contributed by atoms with E-state index in [0.717, 1.165) is 25.2 Å². The molecule has 72 valence electrons. The molecule has 0 aliphatic carbocycles. The van der Waals surface area contributed by atoms with Crippen LogP contribution in [0.1, 0.15) is 13.3 Å². The molecule has 0 aliphatic rings. The number of nitrogens with two attached hydrogens (primary N) is 1. The Morgan fingerprint density at radius 2 is 2.46 bits per heavy atom. The quantitative estimate of drug-likeness (QED) is 0.719. The van der Waals surface area contributed by atoms with Crippen LogP contribution in [0.15, 0.2) is 24.5 Å². The lowest BCUT2D eigenvalue weighted by Gasteiger charge is -2.13. The molecule has 1 aromatic rings. The molecule has 0 radical (unpaired) electrons. The summed E-state index contributed by atoms with van der Waals surface area (Å²) in [6.45, 7) is 3.82. The van der Waals surface area contributed by atoms with Crippen LogP contribution >= 0.6 is 0 Å². The number of nitrogens with one attached hydrogen (secondary N) is 1. The number of nitrogens with zero attached hydrogens (tertiary/aromatic N) is 1. The number of hydrogen-bond donors (Lipinski definition) is 2. The van der Waals surface area contributed by atoms with Gasteiger partial charge in [0.2, 0.25) is 0 Å². The molecule has 0 bridgehead atoms. The minimum absolute atomic E-state index is 0.556. The molecule has 3 heteroatoms. The monoisotopic (exact) mass is 179 g/mol. The largest absolute Gasteiger partial charge is 0.383 e. The van der Waals surface area contributed by atoms with Crippen molar-refractivity contribution in [3.8, 4) is 0 Å². The van der Waals surface area contributed by atoms with E-state index < -0.39 is 0 Å². The first-order valence-electron chi connectivity index (χ1n) is 4.70. The van der Waals surface area contributed by atoms with Gasteiger partial charge in [-0.1, -0.05) is 13.3 Å². The van der Waals surface area contributed by atoms with E-state index in [1.165, 1.54) is 0 Å². The molecule has 0 aromatic carbocycles. The predicted octanol–water partition coefficient (Wildman–Crippen LogP) is 1.48. The minimum Gasteiger partial charge on any atom is -0.383 e. The van der Waals surface area contributed by atoms with Gasteiger partial charge < -0.3 is 11.1 Å². The van der Waals surface area contributed by atoms with Gasteiger partial charge in [-0.15, -0.1) is 0 Å². The average Bonchev–Trinajstić information content (AvgIpc) is 2.21. The molecular formula is C10H17N3. The highest BCUT2D eigenvalue weighted by atomic mass is 14.9. The number of aromatic nitrogens is 1. The van der Waals surface area contributed by atoms with Gasteiger partial charge in [0.1, 0.15) is 0 Å². The van der Waals surface area contributed by atoms with Crippen molar-refractivity contribution in [3.05, 3.63) is 24.5 Å². The van der Waals surface area contributed by atoms with Crippen molar-refractivity contribution >= 4 is 5.69 Å². The van der Waals surface area contributed by atoms with Gasteiger partial charge in [-0.05, 0) is 24.6 Å². The van der Waals surface area contributed by atoms with Crippen molar-refractivity contribution in [3.63, 3.8) is 0 Å². The fourth-order valence-corrected chi connectivity index (χ4v) is 1.12. The fraction of sp³-hybridized carbons (Fsp3) is 0.500. The van der Waals surface area contributed by atoms with Crippen LogP contribution in [0, 0.1) is 5.92 Å². The van der Waals surface area contributed by atoms with E-state index in [9.17, 15) is 0 Å². The highest BCUT2D eigenvalue weighted by molar-refractivity contribution is 5.39. The smallest absolute Gasteiger partial charge is 0.0526 e. The van der Waals surface area contributed by atoms with Crippen molar-refractivity contribution in [2.24, 2.45) is 11.7 Å². The molecule has 0 saturated carbocycles. The topological polar surface area (TPSA) is 50.9 Å². The summed E-state index contributed by atoms with van der Waals surface area (Å²) in [6.07, 6.45) is 4.71. The number of pyridine rings is 1. The Morgan fingerprint density at radius 3 is 3.00 bits per heavy atom. The first-order chi connectivity index (χ1) is 6.36. The van der Waals surface area contributed by atoms with Gasteiger partial charge >= 0.3 is 0 Å². The molecule has 3 N–H and O–H groups in total. The van der Waals surface area contributed by atoms with E-state index in [-0.39, 0.29) is 0 Å². The summed E-state index contributed by atoms with van der Waals surface area (Å²) in [7, 11) is 0. The third-order valence-electron chi connectivity index (χ3n) is 2.17. The Hall–Kier alpha value is -1.09.